The van der Waals surface area contributed by atoms with Crippen LogP contribution in [0.25, 0.3) is 0 Å². The van der Waals surface area contributed by atoms with Crippen LogP contribution in [0.1, 0.15) is 19.3 Å². The number of carbonyl (C=O) groups is 1. The van der Waals surface area contributed by atoms with Crippen LogP contribution >= 0.6 is 0 Å². The zero-order chi connectivity index (χ0) is 19.0. The van der Waals surface area contributed by atoms with Gasteiger partial charge in [-0.3, -0.25) is 0 Å². The number of carbonyl (C=O) groups excluding carboxylic acids is 1. The van der Waals surface area contributed by atoms with Crippen LogP contribution in [-0.2, 0) is 28.5 Å². The van der Waals surface area contributed by atoms with Gasteiger partial charge in [0.15, 0.2) is 0 Å². The van der Waals surface area contributed by atoms with Crippen molar-refractivity contribution in [3.05, 3.63) is 12.7 Å². The fourth-order valence-electron chi connectivity index (χ4n) is 2.65. The van der Waals surface area contributed by atoms with Crippen molar-refractivity contribution in [2.75, 3.05) is 59.5 Å². The quantitative estimate of drug-likeness (QED) is 0.239. The summed E-state index contributed by atoms with van der Waals surface area (Å²) in [6.07, 6.45) is 2.48. The molecule has 0 saturated heterocycles. The number of aliphatic hydroxyl groups is 2. The largest absolute Gasteiger partial charge is 0.462 e. The number of esters is 1. The topological polar surface area (TPSA) is 104 Å². The van der Waals surface area contributed by atoms with E-state index in [-0.39, 0.29) is 18.6 Å². The maximum absolute atomic E-state index is 11.1. The fraction of sp³-hybridized carbons (Fsp3) is 0.833. The average molecular weight is 376 g/mol. The number of ether oxygens (including phenoxy) is 5. The molecule has 152 valence electrons. The third-order valence-corrected chi connectivity index (χ3v) is 4.03. The summed E-state index contributed by atoms with van der Waals surface area (Å²) in [6.45, 7) is 6.67. The average Bonchev–Trinajstić information content (AvgIpc) is 2.66. The predicted molar refractivity (Wildman–Crippen MR) is 93.8 cm³/mol. The highest BCUT2D eigenvalue weighted by Crippen LogP contribution is 2.27. The molecule has 1 fully saturated rings. The minimum absolute atomic E-state index is 0.0134. The van der Waals surface area contributed by atoms with Crippen LogP contribution in [0.4, 0.5) is 0 Å². The summed E-state index contributed by atoms with van der Waals surface area (Å²) in [4.78, 5) is 11.1. The van der Waals surface area contributed by atoms with Gasteiger partial charge in [0.1, 0.15) is 0 Å². The second-order valence-electron chi connectivity index (χ2n) is 6.05. The first-order valence-corrected chi connectivity index (χ1v) is 9.10. The Bertz CT molecular complexity index is 376. The van der Waals surface area contributed by atoms with Gasteiger partial charge in [0, 0.05) is 6.08 Å². The van der Waals surface area contributed by atoms with Crippen LogP contribution in [0.5, 0.6) is 0 Å². The Morgan fingerprint density at radius 3 is 2.23 bits per heavy atom. The van der Waals surface area contributed by atoms with Gasteiger partial charge in [-0.15, -0.1) is 0 Å². The van der Waals surface area contributed by atoms with Crippen molar-refractivity contribution in [2.24, 2.45) is 5.92 Å². The Hall–Kier alpha value is -1.03. The minimum Gasteiger partial charge on any atom is -0.462 e. The molecule has 3 unspecified atom stereocenters. The lowest BCUT2D eigenvalue weighted by Gasteiger charge is -2.32. The van der Waals surface area contributed by atoms with E-state index in [4.69, 9.17) is 28.8 Å². The Labute approximate surface area is 155 Å². The van der Waals surface area contributed by atoms with Crippen LogP contribution in [0.15, 0.2) is 12.7 Å². The number of rotatable bonds is 15. The summed E-state index contributed by atoms with van der Waals surface area (Å²) in [5.41, 5.74) is 0. The molecule has 0 spiro atoms. The SMILES string of the molecule is C=CC(=O)OCC1CCC(O)C(OCCOCCOCCOCCO)C1. The maximum Gasteiger partial charge on any atom is 0.330 e. The van der Waals surface area contributed by atoms with E-state index in [1.807, 2.05) is 0 Å². The maximum atomic E-state index is 11.1. The van der Waals surface area contributed by atoms with E-state index in [1.54, 1.807) is 0 Å². The van der Waals surface area contributed by atoms with Crippen molar-refractivity contribution in [2.45, 2.75) is 31.5 Å². The lowest BCUT2D eigenvalue weighted by atomic mass is 9.86. The molecule has 0 bridgehead atoms. The molecule has 0 radical (unpaired) electrons. The predicted octanol–water partition coefficient (Wildman–Crippen LogP) is 0.304. The van der Waals surface area contributed by atoms with Crippen LogP contribution < -0.4 is 0 Å². The molecule has 1 aliphatic carbocycles. The van der Waals surface area contributed by atoms with E-state index in [9.17, 15) is 9.90 Å². The van der Waals surface area contributed by atoms with E-state index in [0.29, 0.717) is 65.7 Å². The molecule has 1 aliphatic rings. The highest BCUT2D eigenvalue weighted by molar-refractivity contribution is 5.81. The lowest BCUT2D eigenvalue weighted by molar-refractivity contribution is -0.141. The molecule has 0 aliphatic heterocycles. The van der Waals surface area contributed by atoms with Crippen LogP contribution in [0, 0.1) is 5.92 Å². The van der Waals surface area contributed by atoms with Crippen molar-refractivity contribution in [3.63, 3.8) is 0 Å². The van der Waals surface area contributed by atoms with Gasteiger partial charge in [0.05, 0.1) is 71.7 Å². The Morgan fingerprint density at radius 2 is 1.62 bits per heavy atom. The van der Waals surface area contributed by atoms with Gasteiger partial charge >= 0.3 is 5.97 Å². The highest BCUT2D eigenvalue weighted by atomic mass is 16.6. The Balaban J connectivity index is 2.01. The second-order valence-corrected chi connectivity index (χ2v) is 6.05. The molecule has 0 heterocycles. The van der Waals surface area contributed by atoms with E-state index < -0.39 is 12.1 Å². The first kappa shape index (κ1) is 23.0. The summed E-state index contributed by atoms with van der Waals surface area (Å²) in [7, 11) is 0. The number of aliphatic hydroxyl groups excluding tert-OH is 2. The van der Waals surface area contributed by atoms with Gasteiger partial charge in [-0.25, -0.2) is 4.79 Å². The fourth-order valence-corrected chi connectivity index (χ4v) is 2.65. The van der Waals surface area contributed by atoms with Gasteiger partial charge in [-0.2, -0.15) is 0 Å². The first-order chi connectivity index (χ1) is 12.7. The Kier molecular flexibility index (Phi) is 13.3. The standard InChI is InChI=1S/C18H32O8/c1-2-18(21)26-14-15-3-4-16(20)17(13-15)25-12-11-24-10-9-23-8-7-22-6-5-19/h2,15-17,19-20H,1,3-14H2. The zero-order valence-electron chi connectivity index (χ0n) is 15.3. The van der Waals surface area contributed by atoms with Crippen LogP contribution in [0.2, 0.25) is 0 Å². The highest BCUT2D eigenvalue weighted by Gasteiger charge is 2.30. The normalized spacial score (nSPS) is 22.9. The van der Waals surface area contributed by atoms with Crippen molar-refractivity contribution in [3.8, 4) is 0 Å². The van der Waals surface area contributed by atoms with Gasteiger partial charge in [0.2, 0.25) is 0 Å². The van der Waals surface area contributed by atoms with E-state index in [2.05, 4.69) is 6.58 Å². The molecule has 0 aromatic carbocycles. The zero-order valence-corrected chi connectivity index (χ0v) is 15.3. The number of hydrogen-bond donors (Lipinski definition) is 2. The summed E-state index contributed by atoms with van der Waals surface area (Å²) in [5.74, 6) is -0.237. The van der Waals surface area contributed by atoms with Gasteiger partial charge in [0.25, 0.3) is 0 Å². The smallest absolute Gasteiger partial charge is 0.330 e. The molecule has 8 nitrogen and oxygen atoms in total. The monoisotopic (exact) mass is 376 g/mol. The summed E-state index contributed by atoms with van der Waals surface area (Å²) in [5, 5.41) is 18.6. The third-order valence-electron chi connectivity index (χ3n) is 4.03. The first-order valence-electron chi connectivity index (χ1n) is 9.10. The van der Waals surface area contributed by atoms with Crippen molar-refractivity contribution in [1.29, 1.82) is 0 Å². The molecule has 1 saturated carbocycles. The van der Waals surface area contributed by atoms with Crippen molar-refractivity contribution in [1.82, 2.24) is 0 Å². The summed E-state index contributed by atoms with van der Waals surface area (Å²) in [6, 6.07) is 0. The molecule has 2 N–H and O–H groups in total. The molecule has 0 aromatic heterocycles. The van der Waals surface area contributed by atoms with Gasteiger partial charge in [-0.1, -0.05) is 6.58 Å². The van der Waals surface area contributed by atoms with Crippen molar-refractivity contribution < 1.29 is 38.7 Å². The molecule has 26 heavy (non-hydrogen) atoms. The second kappa shape index (κ2) is 15.1. The lowest BCUT2D eigenvalue weighted by Crippen LogP contribution is -2.38. The minimum atomic E-state index is -0.497. The number of hydrogen-bond acceptors (Lipinski definition) is 8. The van der Waals surface area contributed by atoms with E-state index >= 15 is 0 Å². The molecular weight excluding hydrogens is 344 g/mol. The molecule has 0 amide bonds. The van der Waals surface area contributed by atoms with Gasteiger partial charge < -0.3 is 33.9 Å². The molecule has 0 aromatic rings. The third kappa shape index (κ3) is 10.8. The molecular formula is C18H32O8. The summed E-state index contributed by atoms with van der Waals surface area (Å²) >= 11 is 0. The van der Waals surface area contributed by atoms with Crippen LogP contribution in [0.3, 0.4) is 0 Å². The Morgan fingerprint density at radius 1 is 1.00 bits per heavy atom. The van der Waals surface area contributed by atoms with Crippen molar-refractivity contribution >= 4 is 5.97 Å². The van der Waals surface area contributed by atoms with Crippen LogP contribution in [-0.4, -0.2) is 87.9 Å². The molecule has 8 heteroatoms. The van der Waals surface area contributed by atoms with E-state index in [1.165, 1.54) is 0 Å². The van der Waals surface area contributed by atoms with E-state index in [0.717, 1.165) is 12.5 Å². The molecule has 3 atom stereocenters. The molecule has 1 rings (SSSR count). The van der Waals surface area contributed by atoms with Gasteiger partial charge in [-0.05, 0) is 25.2 Å². The summed E-state index contributed by atoms with van der Waals surface area (Å²) < 4.78 is 26.6.